The van der Waals surface area contributed by atoms with Gasteiger partial charge in [-0.2, -0.15) is 0 Å². The van der Waals surface area contributed by atoms with E-state index in [1.807, 2.05) is 0 Å². The van der Waals surface area contributed by atoms with Crippen molar-refractivity contribution in [3.8, 4) is 0 Å². The van der Waals surface area contributed by atoms with Crippen LogP contribution in [0.15, 0.2) is 0 Å². The lowest BCUT2D eigenvalue weighted by Gasteiger charge is -2.24. The molecular formula is C13H24N2O7. The van der Waals surface area contributed by atoms with Gasteiger partial charge in [0.25, 0.3) is 0 Å². The Morgan fingerprint density at radius 3 is 1.91 bits per heavy atom. The number of rotatable bonds is 8. The van der Waals surface area contributed by atoms with E-state index in [4.69, 9.17) is 19.3 Å². The zero-order valence-corrected chi connectivity index (χ0v) is 13.5. The third-order valence-corrected chi connectivity index (χ3v) is 2.29. The maximum atomic E-state index is 12.0. The molecule has 9 nitrogen and oxygen atoms in total. The number of amides is 2. The Labute approximate surface area is 129 Å². The number of carboxylic acids is 1. The van der Waals surface area contributed by atoms with Crippen molar-refractivity contribution in [3.05, 3.63) is 0 Å². The number of aliphatic carboxylic acids is 1. The van der Waals surface area contributed by atoms with Crippen LogP contribution in [0.3, 0.4) is 0 Å². The second-order valence-corrected chi connectivity index (χ2v) is 5.51. The highest BCUT2D eigenvalue weighted by Crippen LogP contribution is 2.06. The highest BCUT2D eigenvalue weighted by molar-refractivity contribution is 5.89. The van der Waals surface area contributed by atoms with Gasteiger partial charge in [-0.1, -0.05) is 0 Å². The first kappa shape index (κ1) is 20.1. The summed E-state index contributed by atoms with van der Waals surface area (Å²) in [5.74, 6) is -1.96. The normalized spacial score (nSPS) is 13.9. The maximum absolute atomic E-state index is 12.0. The molecule has 0 heterocycles. The van der Waals surface area contributed by atoms with E-state index in [1.54, 1.807) is 20.8 Å². The molecule has 9 heteroatoms. The molecule has 0 aliphatic heterocycles. The number of ether oxygens (including phenoxy) is 3. The Morgan fingerprint density at radius 2 is 1.50 bits per heavy atom. The summed E-state index contributed by atoms with van der Waals surface area (Å²) in [5.41, 5.74) is -0.724. The van der Waals surface area contributed by atoms with E-state index in [9.17, 15) is 14.4 Å². The van der Waals surface area contributed by atoms with E-state index >= 15 is 0 Å². The Kier molecular flexibility index (Phi) is 8.43. The van der Waals surface area contributed by atoms with Gasteiger partial charge >= 0.3 is 12.1 Å². The number of carboxylic acid groups (broad SMARTS) is 1. The zero-order valence-electron chi connectivity index (χ0n) is 13.5. The molecule has 0 aromatic carbocycles. The highest BCUT2D eigenvalue weighted by Gasteiger charge is 2.28. The summed E-state index contributed by atoms with van der Waals surface area (Å²) in [5, 5.41) is 13.5. The molecule has 0 radical (unpaired) electrons. The predicted molar refractivity (Wildman–Crippen MR) is 76.5 cm³/mol. The second-order valence-electron chi connectivity index (χ2n) is 5.51. The average Bonchev–Trinajstić information content (AvgIpc) is 2.35. The van der Waals surface area contributed by atoms with Crippen molar-refractivity contribution in [1.29, 1.82) is 0 Å². The van der Waals surface area contributed by atoms with Crippen molar-refractivity contribution in [2.75, 3.05) is 27.4 Å². The van der Waals surface area contributed by atoms with Crippen LogP contribution in [0.1, 0.15) is 20.8 Å². The molecule has 3 N–H and O–H groups in total. The van der Waals surface area contributed by atoms with Crippen LogP contribution in [0.4, 0.5) is 4.79 Å². The van der Waals surface area contributed by atoms with Crippen molar-refractivity contribution in [2.24, 2.45) is 0 Å². The number of carbonyl (C=O) groups is 3. The summed E-state index contributed by atoms with van der Waals surface area (Å²) in [6.07, 6.45) is -0.802. The standard InChI is InChI=1S/C13H24N2O7/c1-13(2,3)22-12(19)15-8(6-20-4)10(16)14-9(7-21-5)11(17)18/h8-9H,6-7H2,1-5H3,(H,14,16)(H,15,19)(H,17,18)/t8-,9-/m0/s1. The van der Waals surface area contributed by atoms with Crippen LogP contribution in [0, 0.1) is 0 Å². The smallest absolute Gasteiger partial charge is 0.408 e. The van der Waals surface area contributed by atoms with Crippen LogP contribution in [0.5, 0.6) is 0 Å². The molecule has 128 valence electrons. The fraction of sp³-hybridized carbons (Fsp3) is 0.769. The third kappa shape index (κ3) is 8.42. The zero-order chi connectivity index (χ0) is 17.3. The number of carbonyl (C=O) groups excluding carboxylic acids is 2. The Bertz CT molecular complexity index is 392. The maximum Gasteiger partial charge on any atom is 0.408 e. The van der Waals surface area contributed by atoms with Crippen LogP contribution in [-0.2, 0) is 23.8 Å². The molecule has 22 heavy (non-hydrogen) atoms. The van der Waals surface area contributed by atoms with Crippen molar-refractivity contribution in [3.63, 3.8) is 0 Å². The molecule has 0 saturated carbocycles. The summed E-state index contributed by atoms with van der Waals surface area (Å²) in [6, 6.07) is -2.31. The molecular weight excluding hydrogens is 296 g/mol. The average molecular weight is 320 g/mol. The minimum atomic E-state index is -1.25. The van der Waals surface area contributed by atoms with Gasteiger partial charge in [-0.3, -0.25) is 4.79 Å². The first-order valence-electron chi connectivity index (χ1n) is 6.61. The van der Waals surface area contributed by atoms with E-state index in [1.165, 1.54) is 14.2 Å². The topological polar surface area (TPSA) is 123 Å². The fourth-order valence-corrected chi connectivity index (χ4v) is 1.41. The van der Waals surface area contributed by atoms with Crippen LogP contribution in [-0.4, -0.2) is 68.2 Å². The summed E-state index contributed by atoms with van der Waals surface area (Å²) >= 11 is 0. The quantitative estimate of drug-likeness (QED) is 0.563. The van der Waals surface area contributed by atoms with Gasteiger partial charge in [0.05, 0.1) is 13.2 Å². The monoisotopic (exact) mass is 320 g/mol. The van der Waals surface area contributed by atoms with E-state index in [0.717, 1.165) is 0 Å². The van der Waals surface area contributed by atoms with Gasteiger partial charge in [-0.05, 0) is 20.8 Å². The van der Waals surface area contributed by atoms with Gasteiger partial charge in [-0.25, -0.2) is 9.59 Å². The Balaban J connectivity index is 4.75. The summed E-state index contributed by atoms with van der Waals surface area (Å²) in [7, 11) is 2.66. The molecule has 2 amide bonds. The van der Waals surface area contributed by atoms with Crippen LogP contribution >= 0.6 is 0 Å². The molecule has 0 bridgehead atoms. The summed E-state index contributed by atoms with van der Waals surface area (Å²) < 4.78 is 14.6. The third-order valence-electron chi connectivity index (χ3n) is 2.29. The lowest BCUT2D eigenvalue weighted by molar-refractivity contribution is -0.143. The molecule has 0 rings (SSSR count). The van der Waals surface area contributed by atoms with Gasteiger partial charge < -0.3 is 30.0 Å². The number of hydrogen-bond acceptors (Lipinski definition) is 6. The van der Waals surface area contributed by atoms with E-state index in [0.29, 0.717) is 0 Å². The number of alkyl carbamates (subject to hydrolysis) is 1. The largest absolute Gasteiger partial charge is 0.480 e. The first-order valence-corrected chi connectivity index (χ1v) is 6.61. The van der Waals surface area contributed by atoms with Crippen LogP contribution in [0.25, 0.3) is 0 Å². The summed E-state index contributed by atoms with van der Waals surface area (Å²) in [4.78, 5) is 34.7. The first-order chi connectivity index (χ1) is 10.1. The van der Waals surface area contributed by atoms with Crippen LogP contribution < -0.4 is 10.6 Å². The predicted octanol–water partition coefficient (Wildman–Crippen LogP) is -0.258. The molecule has 0 saturated heterocycles. The van der Waals surface area contributed by atoms with Crippen LogP contribution in [0.2, 0.25) is 0 Å². The Hall–Kier alpha value is -1.87. The van der Waals surface area contributed by atoms with Gasteiger partial charge in [0.15, 0.2) is 6.04 Å². The van der Waals surface area contributed by atoms with Gasteiger partial charge in [-0.15, -0.1) is 0 Å². The van der Waals surface area contributed by atoms with Gasteiger partial charge in [0.2, 0.25) is 5.91 Å². The molecule has 0 fully saturated rings. The van der Waals surface area contributed by atoms with E-state index in [2.05, 4.69) is 10.6 Å². The lowest BCUT2D eigenvalue weighted by atomic mass is 10.2. The fourth-order valence-electron chi connectivity index (χ4n) is 1.41. The van der Waals surface area contributed by atoms with Crippen molar-refractivity contribution in [2.45, 2.75) is 38.5 Å². The number of nitrogens with one attached hydrogen (secondary N) is 2. The van der Waals surface area contributed by atoms with Gasteiger partial charge in [0.1, 0.15) is 11.6 Å². The molecule has 0 spiro atoms. The Morgan fingerprint density at radius 1 is 1.00 bits per heavy atom. The lowest BCUT2D eigenvalue weighted by Crippen LogP contribution is -2.55. The van der Waals surface area contributed by atoms with E-state index in [-0.39, 0.29) is 13.2 Å². The number of hydrogen-bond donors (Lipinski definition) is 3. The molecule has 0 unspecified atom stereocenters. The van der Waals surface area contributed by atoms with Crippen molar-refractivity contribution in [1.82, 2.24) is 10.6 Å². The van der Waals surface area contributed by atoms with E-state index < -0.39 is 35.7 Å². The molecule has 0 aliphatic carbocycles. The number of methoxy groups -OCH3 is 2. The summed E-state index contributed by atoms with van der Waals surface area (Å²) in [6.45, 7) is 4.70. The van der Waals surface area contributed by atoms with Gasteiger partial charge in [0, 0.05) is 14.2 Å². The SMILES string of the molecule is COC[C@H](NC(=O)[C@H](COC)NC(=O)OC(C)(C)C)C(=O)O. The van der Waals surface area contributed by atoms with Crippen molar-refractivity contribution >= 4 is 18.0 Å². The molecule has 0 aromatic rings. The highest BCUT2D eigenvalue weighted by atomic mass is 16.6. The minimum absolute atomic E-state index is 0.135. The molecule has 2 atom stereocenters. The molecule has 0 aliphatic rings. The van der Waals surface area contributed by atoms with Crippen molar-refractivity contribution < 1.29 is 33.7 Å². The minimum Gasteiger partial charge on any atom is -0.480 e. The second kappa shape index (κ2) is 9.21. The molecule has 0 aromatic heterocycles.